The number of carbonyl (C=O) groups excluding carboxylic acids is 1. The van der Waals surface area contributed by atoms with Crippen LogP contribution in [0.2, 0.25) is 0 Å². The average molecular weight is 211 g/mol. The smallest absolute Gasteiger partial charge is 0.325 e. The minimum atomic E-state index is -1.20. The highest BCUT2D eigenvalue weighted by Crippen LogP contribution is 2.15. The summed E-state index contributed by atoms with van der Waals surface area (Å²) < 4.78 is 17.8. The molecule has 1 rings (SSSR count). The highest BCUT2D eigenvalue weighted by atomic mass is 19.1. The molecule has 0 bridgehead atoms. The lowest BCUT2D eigenvalue weighted by Gasteiger charge is -2.21. The molecule has 0 aliphatic carbocycles. The number of carbonyl (C=O) groups is 1. The molecule has 0 amide bonds. The van der Waals surface area contributed by atoms with Crippen LogP contribution >= 0.6 is 0 Å². The summed E-state index contributed by atoms with van der Waals surface area (Å²) in [5.41, 5.74) is 4.94. The molecule has 4 heteroatoms. The zero-order chi connectivity index (χ0) is 11.5. The van der Waals surface area contributed by atoms with Crippen LogP contribution in [0.1, 0.15) is 12.5 Å². The van der Waals surface area contributed by atoms with E-state index in [1.54, 1.807) is 18.2 Å². The molecule has 3 nitrogen and oxygen atoms in total. The van der Waals surface area contributed by atoms with Gasteiger partial charge in [-0.05, 0) is 18.6 Å². The Hall–Kier alpha value is -1.42. The van der Waals surface area contributed by atoms with Crippen LogP contribution < -0.4 is 5.73 Å². The number of rotatable bonds is 3. The van der Waals surface area contributed by atoms with Crippen LogP contribution in [0.15, 0.2) is 24.3 Å². The van der Waals surface area contributed by atoms with Crippen LogP contribution in [0, 0.1) is 5.82 Å². The van der Waals surface area contributed by atoms with Gasteiger partial charge >= 0.3 is 5.97 Å². The summed E-state index contributed by atoms with van der Waals surface area (Å²) in [6, 6.07) is 6.22. The van der Waals surface area contributed by atoms with Gasteiger partial charge in [0.05, 0.1) is 7.11 Å². The van der Waals surface area contributed by atoms with Gasteiger partial charge in [-0.1, -0.05) is 18.2 Å². The van der Waals surface area contributed by atoms with Crippen LogP contribution in [0.5, 0.6) is 0 Å². The van der Waals surface area contributed by atoms with Gasteiger partial charge in [-0.3, -0.25) is 4.79 Å². The van der Waals surface area contributed by atoms with Crippen LogP contribution in [0.3, 0.4) is 0 Å². The molecule has 0 heterocycles. The van der Waals surface area contributed by atoms with E-state index in [-0.39, 0.29) is 12.2 Å². The van der Waals surface area contributed by atoms with Crippen molar-refractivity contribution in [2.75, 3.05) is 7.11 Å². The predicted molar refractivity (Wildman–Crippen MR) is 54.7 cm³/mol. The van der Waals surface area contributed by atoms with Crippen molar-refractivity contribution in [3.63, 3.8) is 0 Å². The molecule has 1 unspecified atom stereocenters. The Labute approximate surface area is 88.0 Å². The SMILES string of the molecule is COC(=O)C(C)(N)Cc1ccccc1F. The van der Waals surface area contributed by atoms with E-state index >= 15 is 0 Å². The largest absolute Gasteiger partial charge is 0.468 e. The number of hydrogen-bond donors (Lipinski definition) is 1. The van der Waals surface area contributed by atoms with Crippen molar-refractivity contribution in [1.82, 2.24) is 0 Å². The molecule has 0 aliphatic rings. The molecule has 15 heavy (non-hydrogen) atoms. The van der Waals surface area contributed by atoms with Crippen molar-refractivity contribution in [1.29, 1.82) is 0 Å². The van der Waals surface area contributed by atoms with E-state index in [2.05, 4.69) is 4.74 Å². The lowest BCUT2D eigenvalue weighted by atomic mass is 9.94. The van der Waals surface area contributed by atoms with Gasteiger partial charge in [0.2, 0.25) is 0 Å². The average Bonchev–Trinajstić information content (AvgIpc) is 2.20. The van der Waals surface area contributed by atoms with Gasteiger partial charge in [-0.2, -0.15) is 0 Å². The van der Waals surface area contributed by atoms with E-state index in [0.717, 1.165) is 0 Å². The molecule has 0 saturated carbocycles. The zero-order valence-electron chi connectivity index (χ0n) is 8.79. The highest BCUT2D eigenvalue weighted by Gasteiger charge is 2.30. The monoisotopic (exact) mass is 211 g/mol. The normalized spacial score (nSPS) is 14.4. The van der Waals surface area contributed by atoms with Crippen molar-refractivity contribution in [3.05, 3.63) is 35.6 Å². The molecule has 2 N–H and O–H groups in total. The third kappa shape index (κ3) is 2.76. The van der Waals surface area contributed by atoms with Gasteiger partial charge < -0.3 is 10.5 Å². The van der Waals surface area contributed by atoms with Gasteiger partial charge in [0.15, 0.2) is 0 Å². The topological polar surface area (TPSA) is 52.3 Å². The standard InChI is InChI=1S/C11H14FNO2/c1-11(13,10(14)15-2)7-8-5-3-4-6-9(8)12/h3-6H,7,13H2,1-2H3. The van der Waals surface area contributed by atoms with E-state index < -0.39 is 11.5 Å². The Morgan fingerprint density at radius 1 is 1.53 bits per heavy atom. The number of nitrogens with two attached hydrogens (primary N) is 1. The van der Waals surface area contributed by atoms with Crippen molar-refractivity contribution in [2.24, 2.45) is 5.73 Å². The summed E-state index contributed by atoms with van der Waals surface area (Å²) in [5, 5.41) is 0. The Balaban J connectivity index is 2.86. The molecule has 82 valence electrons. The van der Waals surface area contributed by atoms with E-state index in [4.69, 9.17) is 5.73 Å². The number of ether oxygens (including phenoxy) is 1. The van der Waals surface area contributed by atoms with Crippen molar-refractivity contribution in [2.45, 2.75) is 18.9 Å². The molecule has 0 radical (unpaired) electrons. The molecule has 0 saturated heterocycles. The van der Waals surface area contributed by atoms with Crippen LogP contribution in [-0.2, 0) is 16.0 Å². The molecular formula is C11H14FNO2. The Kier molecular flexibility index (Phi) is 3.42. The van der Waals surface area contributed by atoms with Crippen molar-refractivity contribution < 1.29 is 13.9 Å². The maximum atomic E-state index is 13.3. The molecule has 0 aliphatic heterocycles. The molecule has 1 atom stereocenters. The van der Waals surface area contributed by atoms with Gasteiger partial charge in [-0.25, -0.2) is 4.39 Å². The lowest BCUT2D eigenvalue weighted by molar-refractivity contribution is -0.146. The predicted octanol–water partition coefficient (Wildman–Crippen LogP) is 1.26. The summed E-state index contributed by atoms with van der Waals surface area (Å²) in [5.74, 6) is -0.913. The summed E-state index contributed by atoms with van der Waals surface area (Å²) in [6.45, 7) is 1.52. The fourth-order valence-electron chi connectivity index (χ4n) is 1.34. The first-order chi connectivity index (χ1) is 6.97. The molecule has 1 aromatic rings. The van der Waals surface area contributed by atoms with Gasteiger partial charge in [-0.15, -0.1) is 0 Å². The van der Waals surface area contributed by atoms with Crippen LogP contribution in [0.4, 0.5) is 4.39 Å². The molecular weight excluding hydrogens is 197 g/mol. The number of esters is 1. The Morgan fingerprint density at radius 2 is 2.13 bits per heavy atom. The maximum Gasteiger partial charge on any atom is 0.325 e. The number of methoxy groups -OCH3 is 1. The number of benzene rings is 1. The van der Waals surface area contributed by atoms with Crippen molar-refractivity contribution in [3.8, 4) is 0 Å². The second-order valence-corrected chi connectivity index (χ2v) is 3.68. The summed E-state index contributed by atoms with van der Waals surface area (Å²) in [6.07, 6.45) is 0.117. The highest BCUT2D eigenvalue weighted by molar-refractivity contribution is 5.80. The van der Waals surface area contributed by atoms with Crippen molar-refractivity contribution >= 4 is 5.97 Å². The quantitative estimate of drug-likeness (QED) is 0.766. The molecule has 0 spiro atoms. The number of hydrogen-bond acceptors (Lipinski definition) is 3. The first-order valence-electron chi connectivity index (χ1n) is 4.58. The molecule has 1 aromatic carbocycles. The minimum Gasteiger partial charge on any atom is -0.468 e. The second-order valence-electron chi connectivity index (χ2n) is 3.68. The molecule has 0 aromatic heterocycles. The first kappa shape index (κ1) is 11.7. The van der Waals surface area contributed by atoms with E-state index in [0.29, 0.717) is 5.56 Å². The van der Waals surface area contributed by atoms with Crippen LogP contribution in [-0.4, -0.2) is 18.6 Å². The summed E-state index contributed by atoms with van der Waals surface area (Å²) in [7, 11) is 1.26. The number of halogens is 1. The Morgan fingerprint density at radius 3 is 2.67 bits per heavy atom. The first-order valence-corrected chi connectivity index (χ1v) is 4.58. The Bertz CT molecular complexity index is 363. The third-order valence-electron chi connectivity index (χ3n) is 2.17. The second kappa shape index (κ2) is 4.40. The van der Waals surface area contributed by atoms with E-state index in [1.165, 1.54) is 20.1 Å². The van der Waals surface area contributed by atoms with Gasteiger partial charge in [0, 0.05) is 6.42 Å². The zero-order valence-corrected chi connectivity index (χ0v) is 8.79. The maximum absolute atomic E-state index is 13.3. The van der Waals surface area contributed by atoms with E-state index in [9.17, 15) is 9.18 Å². The summed E-state index contributed by atoms with van der Waals surface area (Å²) >= 11 is 0. The summed E-state index contributed by atoms with van der Waals surface area (Å²) in [4.78, 5) is 11.3. The third-order valence-corrected chi connectivity index (χ3v) is 2.17. The van der Waals surface area contributed by atoms with Gasteiger partial charge in [0.1, 0.15) is 11.4 Å². The van der Waals surface area contributed by atoms with Crippen LogP contribution in [0.25, 0.3) is 0 Å². The minimum absolute atomic E-state index is 0.117. The molecule has 0 fully saturated rings. The lowest BCUT2D eigenvalue weighted by Crippen LogP contribution is -2.47. The van der Waals surface area contributed by atoms with Gasteiger partial charge in [0.25, 0.3) is 0 Å². The fourth-order valence-corrected chi connectivity index (χ4v) is 1.34. The van der Waals surface area contributed by atoms with E-state index in [1.807, 2.05) is 0 Å². The fraction of sp³-hybridized carbons (Fsp3) is 0.364.